The molecule has 0 spiro atoms. The summed E-state index contributed by atoms with van der Waals surface area (Å²) in [7, 11) is 0. The number of benzene rings is 2. The van der Waals surface area contributed by atoms with E-state index in [2.05, 4.69) is 54.0 Å². The van der Waals surface area contributed by atoms with Crippen LogP contribution in [0.1, 0.15) is 34.6 Å². The molecule has 2 aromatic rings. The molecule has 2 rings (SSSR count). The maximum Gasteiger partial charge on any atom is 0.124 e. The quantitative estimate of drug-likeness (QED) is 0.632. The van der Waals surface area contributed by atoms with Crippen LogP contribution >= 0.6 is 27.5 Å². The first-order valence-corrected chi connectivity index (χ1v) is 7.88. The van der Waals surface area contributed by atoms with Crippen LogP contribution in [0.2, 0.25) is 0 Å². The second-order valence-electron chi connectivity index (χ2n) is 4.90. The maximum absolute atomic E-state index is 6.69. The van der Waals surface area contributed by atoms with Crippen LogP contribution in [0.3, 0.4) is 0 Å². The van der Waals surface area contributed by atoms with E-state index in [-0.39, 0.29) is 5.38 Å². The van der Waals surface area contributed by atoms with Crippen LogP contribution in [0.15, 0.2) is 40.9 Å². The second-order valence-corrected chi connectivity index (χ2v) is 6.25. The van der Waals surface area contributed by atoms with E-state index >= 15 is 0 Å². The van der Waals surface area contributed by atoms with Gasteiger partial charge in [-0.25, -0.2) is 0 Å². The Kier molecular flexibility index (Phi) is 5.11. The molecule has 0 aliphatic rings. The number of ether oxygens (including phenoxy) is 1. The van der Waals surface area contributed by atoms with Crippen molar-refractivity contribution >= 4 is 27.5 Å². The third kappa shape index (κ3) is 3.56. The summed E-state index contributed by atoms with van der Waals surface area (Å²) in [5.74, 6) is 0.857. The molecule has 0 N–H and O–H groups in total. The van der Waals surface area contributed by atoms with Crippen molar-refractivity contribution in [3.8, 4) is 5.75 Å². The normalized spacial score (nSPS) is 12.2. The first kappa shape index (κ1) is 15.4. The van der Waals surface area contributed by atoms with Crippen LogP contribution < -0.4 is 4.74 Å². The maximum atomic E-state index is 6.69. The zero-order valence-corrected chi connectivity index (χ0v) is 14.3. The molecule has 0 radical (unpaired) electrons. The van der Waals surface area contributed by atoms with Gasteiger partial charge in [0, 0.05) is 10.0 Å². The molecule has 0 amide bonds. The summed E-state index contributed by atoms with van der Waals surface area (Å²) in [5.41, 5.74) is 4.46. The lowest BCUT2D eigenvalue weighted by molar-refractivity contribution is 0.337. The van der Waals surface area contributed by atoms with Crippen molar-refractivity contribution in [1.82, 2.24) is 0 Å². The molecule has 3 heteroatoms. The predicted octanol–water partition coefficient (Wildman–Crippen LogP) is 5.79. The Hall–Kier alpha value is -0.990. The second kappa shape index (κ2) is 6.64. The first-order chi connectivity index (χ1) is 9.51. The molecule has 0 aliphatic carbocycles. The van der Waals surface area contributed by atoms with Gasteiger partial charge in [0.25, 0.3) is 0 Å². The van der Waals surface area contributed by atoms with Gasteiger partial charge < -0.3 is 4.74 Å². The molecule has 0 saturated heterocycles. The Bertz CT molecular complexity index is 590. The third-order valence-corrected chi connectivity index (χ3v) is 4.04. The Morgan fingerprint density at radius 3 is 2.50 bits per heavy atom. The van der Waals surface area contributed by atoms with Crippen molar-refractivity contribution in [3.05, 3.63) is 63.1 Å². The molecule has 1 atom stereocenters. The molecular weight excluding hydrogens is 336 g/mol. The molecule has 1 unspecified atom stereocenters. The molecule has 0 bridgehead atoms. The Balaban J connectivity index is 2.46. The lowest BCUT2D eigenvalue weighted by atomic mass is 10.00. The summed E-state index contributed by atoms with van der Waals surface area (Å²) in [6.45, 7) is 6.75. The average molecular weight is 354 g/mol. The van der Waals surface area contributed by atoms with Crippen molar-refractivity contribution in [2.75, 3.05) is 6.61 Å². The molecule has 0 fully saturated rings. The number of aryl methyl sites for hydroxylation is 2. The highest BCUT2D eigenvalue weighted by atomic mass is 79.9. The Labute approximate surface area is 134 Å². The minimum atomic E-state index is -0.215. The molecule has 0 heterocycles. The van der Waals surface area contributed by atoms with Crippen LogP contribution in [-0.4, -0.2) is 6.61 Å². The van der Waals surface area contributed by atoms with Crippen LogP contribution in [0.25, 0.3) is 0 Å². The van der Waals surface area contributed by atoms with Crippen LogP contribution in [0.5, 0.6) is 5.75 Å². The fourth-order valence-corrected chi connectivity index (χ4v) is 3.17. The summed E-state index contributed by atoms with van der Waals surface area (Å²) in [6.07, 6.45) is 0. The van der Waals surface area contributed by atoms with E-state index in [1.54, 1.807) is 0 Å². The van der Waals surface area contributed by atoms with Gasteiger partial charge in [-0.05, 0) is 50.1 Å². The number of alkyl halides is 1. The summed E-state index contributed by atoms with van der Waals surface area (Å²) < 4.78 is 6.74. The van der Waals surface area contributed by atoms with Crippen molar-refractivity contribution in [1.29, 1.82) is 0 Å². The molecule has 0 aliphatic heterocycles. The lowest BCUT2D eigenvalue weighted by Crippen LogP contribution is -2.01. The highest BCUT2D eigenvalue weighted by Gasteiger charge is 2.17. The lowest BCUT2D eigenvalue weighted by Gasteiger charge is -2.17. The fraction of sp³-hybridized carbons (Fsp3) is 0.294. The molecular formula is C17H18BrClO. The van der Waals surface area contributed by atoms with E-state index in [0.29, 0.717) is 6.61 Å². The average Bonchev–Trinajstić information content (AvgIpc) is 2.39. The van der Waals surface area contributed by atoms with Crippen LogP contribution in [0, 0.1) is 13.8 Å². The zero-order valence-electron chi connectivity index (χ0n) is 11.9. The van der Waals surface area contributed by atoms with E-state index in [1.807, 2.05) is 19.1 Å². The number of hydrogen-bond acceptors (Lipinski definition) is 1. The number of rotatable bonds is 4. The van der Waals surface area contributed by atoms with Gasteiger partial charge in [0.2, 0.25) is 0 Å². The van der Waals surface area contributed by atoms with E-state index in [0.717, 1.165) is 21.3 Å². The summed E-state index contributed by atoms with van der Waals surface area (Å²) in [5, 5.41) is -0.215. The third-order valence-electron chi connectivity index (χ3n) is 3.10. The van der Waals surface area contributed by atoms with Gasteiger partial charge in [0.05, 0.1) is 12.0 Å². The van der Waals surface area contributed by atoms with Gasteiger partial charge in [0.15, 0.2) is 0 Å². The Morgan fingerprint density at radius 2 is 1.85 bits per heavy atom. The Morgan fingerprint density at radius 1 is 1.10 bits per heavy atom. The topological polar surface area (TPSA) is 9.23 Å². The van der Waals surface area contributed by atoms with Gasteiger partial charge in [-0.2, -0.15) is 0 Å². The highest BCUT2D eigenvalue weighted by Crippen LogP contribution is 2.37. The standard InChI is InChI=1S/C17H18BrClO/c1-4-20-16-6-5-11(2)9-15(16)17(19)13-7-12(3)8-14(18)10-13/h5-10,17H,4H2,1-3H3. The summed E-state index contributed by atoms with van der Waals surface area (Å²) in [6, 6.07) is 12.4. The number of hydrogen-bond donors (Lipinski definition) is 0. The van der Waals surface area contributed by atoms with E-state index in [4.69, 9.17) is 16.3 Å². The van der Waals surface area contributed by atoms with E-state index < -0.39 is 0 Å². The van der Waals surface area contributed by atoms with Gasteiger partial charge >= 0.3 is 0 Å². The molecule has 2 aromatic carbocycles. The van der Waals surface area contributed by atoms with Crippen molar-refractivity contribution in [2.24, 2.45) is 0 Å². The van der Waals surface area contributed by atoms with Crippen molar-refractivity contribution < 1.29 is 4.74 Å². The number of halogens is 2. The predicted molar refractivity (Wildman–Crippen MR) is 88.9 cm³/mol. The van der Waals surface area contributed by atoms with Crippen LogP contribution in [0.4, 0.5) is 0 Å². The van der Waals surface area contributed by atoms with E-state index in [9.17, 15) is 0 Å². The monoisotopic (exact) mass is 352 g/mol. The molecule has 106 valence electrons. The van der Waals surface area contributed by atoms with Crippen LogP contribution in [-0.2, 0) is 0 Å². The SMILES string of the molecule is CCOc1ccc(C)cc1C(Cl)c1cc(C)cc(Br)c1. The zero-order chi connectivity index (χ0) is 14.7. The molecule has 0 saturated carbocycles. The molecule has 20 heavy (non-hydrogen) atoms. The van der Waals surface area contributed by atoms with Gasteiger partial charge in [-0.15, -0.1) is 11.6 Å². The smallest absolute Gasteiger partial charge is 0.124 e. The van der Waals surface area contributed by atoms with Gasteiger partial charge in [-0.3, -0.25) is 0 Å². The summed E-state index contributed by atoms with van der Waals surface area (Å²) in [4.78, 5) is 0. The largest absolute Gasteiger partial charge is 0.494 e. The first-order valence-electron chi connectivity index (χ1n) is 6.65. The van der Waals surface area contributed by atoms with Gasteiger partial charge in [-0.1, -0.05) is 39.7 Å². The highest BCUT2D eigenvalue weighted by molar-refractivity contribution is 9.10. The molecule has 1 nitrogen and oxygen atoms in total. The minimum Gasteiger partial charge on any atom is -0.494 e. The summed E-state index contributed by atoms with van der Waals surface area (Å²) >= 11 is 10.2. The van der Waals surface area contributed by atoms with Crippen molar-refractivity contribution in [3.63, 3.8) is 0 Å². The van der Waals surface area contributed by atoms with Gasteiger partial charge in [0.1, 0.15) is 5.75 Å². The van der Waals surface area contributed by atoms with E-state index in [1.165, 1.54) is 11.1 Å². The van der Waals surface area contributed by atoms with Crippen molar-refractivity contribution in [2.45, 2.75) is 26.1 Å². The minimum absolute atomic E-state index is 0.215. The fourth-order valence-electron chi connectivity index (χ4n) is 2.24. The molecule has 0 aromatic heterocycles.